The summed E-state index contributed by atoms with van der Waals surface area (Å²) in [6.07, 6.45) is 0. The Morgan fingerprint density at radius 1 is 1.12 bits per heavy atom. The van der Waals surface area contributed by atoms with E-state index in [9.17, 15) is 4.79 Å². The van der Waals surface area contributed by atoms with Crippen LogP contribution in [0.1, 0.15) is 10.4 Å². The SMILES string of the molecule is COc1ccc(-c2nc(NC(=O)c3ccc(Cl)c(Cl)c3)n[nH]2)cc1. The molecule has 0 fully saturated rings. The Morgan fingerprint density at radius 3 is 2.54 bits per heavy atom. The fourth-order valence-electron chi connectivity index (χ4n) is 2.01. The molecule has 8 heteroatoms. The lowest BCUT2D eigenvalue weighted by atomic mass is 10.2. The van der Waals surface area contributed by atoms with Crippen molar-refractivity contribution in [1.82, 2.24) is 15.2 Å². The molecule has 0 saturated heterocycles. The highest BCUT2D eigenvalue weighted by atomic mass is 35.5. The lowest BCUT2D eigenvalue weighted by Gasteiger charge is -2.02. The number of methoxy groups -OCH3 is 1. The minimum absolute atomic E-state index is 0.164. The van der Waals surface area contributed by atoms with E-state index in [1.165, 1.54) is 6.07 Å². The average molecular weight is 363 g/mol. The van der Waals surface area contributed by atoms with Gasteiger partial charge in [0.05, 0.1) is 17.2 Å². The number of benzene rings is 2. The van der Waals surface area contributed by atoms with Crippen molar-refractivity contribution in [3.63, 3.8) is 0 Å². The highest BCUT2D eigenvalue weighted by Gasteiger charge is 2.12. The minimum atomic E-state index is -0.381. The van der Waals surface area contributed by atoms with E-state index in [0.29, 0.717) is 21.4 Å². The predicted octanol–water partition coefficient (Wildman–Crippen LogP) is 4.04. The van der Waals surface area contributed by atoms with Gasteiger partial charge in [-0.05, 0) is 42.5 Å². The quantitative estimate of drug-likeness (QED) is 0.733. The Balaban J connectivity index is 1.75. The Labute approximate surface area is 147 Å². The second kappa shape index (κ2) is 6.90. The van der Waals surface area contributed by atoms with Gasteiger partial charge in [0.15, 0.2) is 5.82 Å². The molecule has 1 heterocycles. The van der Waals surface area contributed by atoms with E-state index in [0.717, 1.165) is 11.3 Å². The van der Waals surface area contributed by atoms with Crippen LogP contribution < -0.4 is 10.1 Å². The number of ether oxygens (including phenoxy) is 1. The second-order valence-electron chi connectivity index (χ2n) is 4.82. The van der Waals surface area contributed by atoms with Gasteiger partial charge in [0, 0.05) is 11.1 Å². The molecule has 0 aliphatic rings. The van der Waals surface area contributed by atoms with Gasteiger partial charge in [0.1, 0.15) is 5.75 Å². The largest absolute Gasteiger partial charge is 0.497 e. The van der Waals surface area contributed by atoms with E-state index in [2.05, 4.69) is 20.5 Å². The number of carbonyl (C=O) groups is 1. The molecule has 1 aromatic heterocycles. The molecule has 0 spiro atoms. The summed E-state index contributed by atoms with van der Waals surface area (Å²) in [5.41, 5.74) is 1.18. The smallest absolute Gasteiger partial charge is 0.258 e. The summed E-state index contributed by atoms with van der Waals surface area (Å²) in [6.45, 7) is 0. The maximum absolute atomic E-state index is 12.2. The van der Waals surface area contributed by atoms with Crippen molar-refractivity contribution in [2.45, 2.75) is 0 Å². The molecular formula is C16H12Cl2N4O2. The summed E-state index contributed by atoms with van der Waals surface area (Å²) in [5, 5.41) is 10.0. The third-order valence-electron chi connectivity index (χ3n) is 3.26. The van der Waals surface area contributed by atoms with E-state index in [4.69, 9.17) is 27.9 Å². The normalized spacial score (nSPS) is 10.5. The summed E-state index contributed by atoms with van der Waals surface area (Å²) in [5.74, 6) is 1.05. The molecule has 0 aliphatic heterocycles. The third kappa shape index (κ3) is 3.50. The highest BCUT2D eigenvalue weighted by Crippen LogP contribution is 2.23. The number of nitrogens with zero attached hydrogens (tertiary/aromatic N) is 2. The Morgan fingerprint density at radius 2 is 1.88 bits per heavy atom. The van der Waals surface area contributed by atoms with Crippen LogP contribution in [0, 0.1) is 0 Å². The first-order chi connectivity index (χ1) is 11.6. The maximum Gasteiger partial charge on any atom is 0.258 e. The molecule has 0 radical (unpaired) electrons. The monoisotopic (exact) mass is 362 g/mol. The molecule has 0 atom stereocenters. The molecule has 0 saturated carbocycles. The van der Waals surface area contributed by atoms with E-state index in [1.807, 2.05) is 24.3 Å². The highest BCUT2D eigenvalue weighted by molar-refractivity contribution is 6.42. The first-order valence-corrected chi connectivity index (χ1v) is 7.65. The third-order valence-corrected chi connectivity index (χ3v) is 4.00. The summed E-state index contributed by atoms with van der Waals surface area (Å²) >= 11 is 11.7. The van der Waals surface area contributed by atoms with Gasteiger partial charge in [-0.2, -0.15) is 4.98 Å². The number of anilines is 1. The van der Waals surface area contributed by atoms with Crippen LogP contribution in [0.5, 0.6) is 5.75 Å². The van der Waals surface area contributed by atoms with Crippen LogP contribution in [0.3, 0.4) is 0 Å². The van der Waals surface area contributed by atoms with E-state index >= 15 is 0 Å². The van der Waals surface area contributed by atoms with Gasteiger partial charge in [0.2, 0.25) is 5.95 Å². The van der Waals surface area contributed by atoms with Gasteiger partial charge in [-0.1, -0.05) is 23.2 Å². The average Bonchev–Trinajstić information content (AvgIpc) is 3.06. The molecule has 6 nitrogen and oxygen atoms in total. The van der Waals surface area contributed by atoms with Gasteiger partial charge >= 0.3 is 0 Å². The molecule has 1 amide bonds. The fraction of sp³-hybridized carbons (Fsp3) is 0.0625. The van der Waals surface area contributed by atoms with Gasteiger partial charge in [-0.25, -0.2) is 0 Å². The first kappa shape index (κ1) is 16.3. The molecule has 2 N–H and O–H groups in total. The molecule has 0 unspecified atom stereocenters. The number of aromatic amines is 1. The van der Waals surface area contributed by atoms with Gasteiger partial charge in [0.25, 0.3) is 5.91 Å². The number of rotatable bonds is 4. The number of carbonyl (C=O) groups excluding carboxylic acids is 1. The molecule has 24 heavy (non-hydrogen) atoms. The Kier molecular flexibility index (Phi) is 4.69. The van der Waals surface area contributed by atoms with Crippen molar-refractivity contribution in [2.75, 3.05) is 12.4 Å². The molecule has 3 aromatic rings. The van der Waals surface area contributed by atoms with Crippen molar-refractivity contribution >= 4 is 35.1 Å². The van der Waals surface area contributed by atoms with E-state index in [-0.39, 0.29) is 11.9 Å². The minimum Gasteiger partial charge on any atom is -0.497 e. The Hall–Kier alpha value is -2.57. The van der Waals surface area contributed by atoms with Crippen LogP contribution in [-0.2, 0) is 0 Å². The van der Waals surface area contributed by atoms with Gasteiger partial charge < -0.3 is 4.74 Å². The number of amides is 1. The fourth-order valence-corrected chi connectivity index (χ4v) is 2.30. The molecule has 0 bridgehead atoms. The maximum atomic E-state index is 12.2. The summed E-state index contributed by atoms with van der Waals surface area (Å²) in [7, 11) is 1.60. The predicted molar refractivity (Wildman–Crippen MR) is 92.8 cm³/mol. The summed E-state index contributed by atoms with van der Waals surface area (Å²) in [6, 6.07) is 11.9. The lowest BCUT2D eigenvalue weighted by molar-refractivity contribution is 0.102. The topological polar surface area (TPSA) is 79.9 Å². The number of halogens is 2. The summed E-state index contributed by atoms with van der Waals surface area (Å²) in [4.78, 5) is 16.4. The van der Waals surface area contributed by atoms with Crippen LogP contribution in [-0.4, -0.2) is 28.2 Å². The van der Waals surface area contributed by atoms with Crippen molar-refractivity contribution in [3.05, 3.63) is 58.1 Å². The number of H-pyrrole nitrogens is 1. The zero-order valence-corrected chi connectivity index (χ0v) is 14.0. The van der Waals surface area contributed by atoms with Crippen molar-refractivity contribution in [3.8, 4) is 17.1 Å². The van der Waals surface area contributed by atoms with Crippen molar-refractivity contribution in [1.29, 1.82) is 0 Å². The van der Waals surface area contributed by atoms with E-state index in [1.54, 1.807) is 19.2 Å². The molecule has 0 aliphatic carbocycles. The van der Waals surface area contributed by atoms with Crippen LogP contribution in [0.4, 0.5) is 5.95 Å². The molecule has 3 rings (SSSR count). The van der Waals surface area contributed by atoms with Crippen LogP contribution in [0.2, 0.25) is 10.0 Å². The van der Waals surface area contributed by atoms with Gasteiger partial charge in [-0.15, -0.1) is 5.10 Å². The number of aromatic nitrogens is 3. The number of hydrogen-bond donors (Lipinski definition) is 2. The van der Waals surface area contributed by atoms with Crippen LogP contribution in [0.25, 0.3) is 11.4 Å². The molecule has 2 aromatic carbocycles. The number of hydrogen-bond acceptors (Lipinski definition) is 4. The standard InChI is InChI=1S/C16H12Cl2N4O2/c1-24-11-5-2-9(3-6-11)14-19-16(22-21-14)20-15(23)10-4-7-12(17)13(18)8-10/h2-8H,1H3,(H2,19,20,21,22,23). The van der Waals surface area contributed by atoms with Crippen LogP contribution >= 0.6 is 23.2 Å². The van der Waals surface area contributed by atoms with Crippen molar-refractivity contribution in [2.24, 2.45) is 0 Å². The zero-order valence-electron chi connectivity index (χ0n) is 12.5. The first-order valence-electron chi connectivity index (χ1n) is 6.90. The van der Waals surface area contributed by atoms with E-state index < -0.39 is 0 Å². The second-order valence-corrected chi connectivity index (χ2v) is 5.63. The Bertz CT molecular complexity index is 878. The van der Waals surface area contributed by atoms with Crippen LogP contribution in [0.15, 0.2) is 42.5 Å². The zero-order chi connectivity index (χ0) is 17.1. The van der Waals surface area contributed by atoms with Crippen molar-refractivity contribution < 1.29 is 9.53 Å². The molecular weight excluding hydrogens is 351 g/mol. The van der Waals surface area contributed by atoms with Gasteiger partial charge in [-0.3, -0.25) is 15.2 Å². The lowest BCUT2D eigenvalue weighted by Crippen LogP contribution is -2.12. The number of nitrogens with one attached hydrogen (secondary N) is 2. The summed E-state index contributed by atoms with van der Waals surface area (Å²) < 4.78 is 5.11. The molecule has 122 valence electrons.